The summed E-state index contributed by atoms with van der Waals surface area (Å²) in [6.45, 7) is 0. The third-order valence-corrected chi connectivity index (χ3v) is 4.25. The van der Waals surface area contributed by atoms with E-state index in [0.717, 1.165) is 30.6 Å². The molecule has 120 valence electrons. The van der Waals surface area contributed by atoms with Crippen LogP contribution in [0.5, 0.6) is 0 Å². The second-order valence-electron chi connectivity index (χ2n) is 5.60. The van der Waals surface area contributed by atoms with Crippen LogP contribution >= 0.6 is 11.6 Å². The number of pyridine rings is 1. The van der Waals surface area contributed by atoms with Gasteiger partial charge in [0, 0.05) is 11.9 Å². The lowest BCUT2D eigenvalue weighted by Crippen LogP contribution is -2.15. The molecule has 0 radical (unpaired) electrons. The molecule has 2 aromatic heterocycles. The molecule has 1 aromatic carbocycles. The lowest BCUT2D eigenvalue weighted by Gasteiger charge is -2.07. The van der Waals surface area contributed by atoms with Crippen molar-refractivity contribution in [2.45, 2.75) is 19.3 Å². The van der Waals surface area contributed by atoms with E-state index in [1.807, 2.05) is 18.2 Å². The van der Waals surface area contributed by atoms with Crippen LogP contribution in [0.1, 0.15) is 28.2 Å². The zero-order chi connectivity index (χ0) is 16.5. The van der Waals surface area contributed by atoms with Crippen molar-refractivity contribution in [1.82, 2.24) is 20.0 Å². The Balaban J connectivity index is 1.69. The molecule has 1 N–H and O–H groups in total. The highest BCUT2D eigenvalue weighted by atomic mass is 35.5. The second kappa shape index (κ2) is 6.05. The fourth-order valence-corrected chi connectivity index (χ4v) is 3.12. The second-order valence-corrected chi connectivity index (χ2v) is 5.99. The number of rotatable bonds is 2. The predicted molar refractivity (Wildman–Crippen MR) is 90.6 cm³/mol. The van der Waals surface area contributed by atoms with Crippen molar-refractivity contribution in [2.24, 2.45) is 0 Å². The molecule has 0 unspecified atom stereocenters. The zero-order valence-corrected chi connectivity index (χ0v) is 13.5. The van der Waals surface area contributed by atoms with Crippen LogP contribution in [0.4, 0.5) is 5.69 Å². The van der Waals surface area contributed by atoms with E-state index in [-0.39, 0.29) is 5.91 Å². The molecule has 3 heterocycles. The van der Waals surface area contributed by atoms with Gasteiger partial charge in [0.2, 0.25) is 0 Å². The maximum atomic E-state index is 12.6. The number of amides is 1. The SMILES string of the molecule is O=C(Nc1ccnc(Cl)c1)c1nnn2c1CCCc1ccccc1-2. The van der Waals surface area contributed by atoms with Gasteiger partial charge in [-0.1, -0.05) is 35.0 Å². The van der Waals surface area contributed by atoms with E-state index >= 15 is 0 Å². The molecule has 0 aliphatic carbocycles. The van der Waals surface area contributed by atoms with E-state index in [2.05, 4.69) is 26.7 Å². The average Bonchev–Trinajstić information content (AvgIpc) is 2.91. The third kappa shape index (κ3) is 2.65. The zero-order valence-electron chi connectivity index (χ0n) is 12.7. The first-order valence-electron chi connectivity index (χ1n) is 7.68. The smallest absolute Gasteiger partial charge is 0.278 e. The minimum Gasteiger partial charge on any atom is -0.320 e. The van der Waals surface area contributed by atoms with Crippen molar-refractivity contribution >= 4 is 23.2 Å². The Kier molecular flexibility index (Phi) is 3.74. The number of nitrogens with zero attached hydrogens (tertiary/aromatic N) is 4. The Morgan fingerprint density at radius 1 is 1.21 bits per heavy atom. The average molecular weight is 340 g/mol. The summed E-state index contributed by atoms with van der Waals surface area (Å²) < 4.78 is 1.77. The van der Waals surface area contributed by atoms with Crippen molar-refractivity contribution in [3.63, 3.8) is 0 Å². The number of aryl methyl sites for hydroxylation is 1. The maximum absolute atomic E-state index is 12.6. The highest BCUT2D eigenvalue weighted by Gasteiger charge is 2.23. The van der Waals surface area contributed by atoms with E-state index in [9.17, 15) is 4.79 Å². The first-order chi connectivity index (χ1) is 11.7. The molecule has 0 fully saturated rings. The van der Waals surface area contributed by atoms with Crippen LogP contribution < -0.4 is 5.32 Å². The van der Waals surface area contributed by atoms with Gasteiger partial charge in [0.25, 0.3) is 5.91 Å². The molecule has 0 atom stereocenters. The number of fused-ring (bicyclic) bond motifs is 3. The lowest BCUT2D eigenvalue weighted by atomic mass is 10.1. The number of carbonyl (C=O) groups is 1. The van der Waals surface area contributed by atoms with Gasteiger partial charge in [-0.2, -0.15) is 0 Å². The maximum Gasteiger partial charge on any atom is 0.278 e. The van der Waals surface area contributed by atoms with E-state index in [4.69, 9.17) is 11.6 Å². The van der Waals surface area contributed by atoms with Gasteiger partial charge in [-0.15, -0.1) is 5.10 Å². The summed E-state index contributed by atoms with van der Waals surface area (Å²) in [4.78, 5) is 16.5. The summed E-state index contributed by atoms with van der Waals surface area (Å²) in [6, 6.07) is 11.3. The Labute approximate surface area is 143 Å². The van der Waals surface area contributed by atoms with Crippen LogP contribution in [0.25, 0.3) is 5.69 Å². The monoisotopic (exact) mass is 339 g/mol. The van der Waals surface area contributed by atoms with Gasteiger partial charge in [-0.3, -0.25) is 4.79 Å². The van der Waals surface area contributed by atoms with Gasteiger partial charge in [-0.25, -0.2) is 9.67 Å². The Morgan fingerprint density at radius 3 is 2.96 bits per heavy atom. The molecule has 1 aliphatic rings. The Hall–Kier alpha value is -2.73. The van der Waals surface area contributed by atoms with E-state index in [0.29, 0.717) is 16.5 Å². The number of aromatic nitrogens is 4. The largest absolute Gasteiger partial charge is 0.320 e. The number of benzene rings is 1. The van der Waals surface area contributed by atoms with Crippen LogP contribution in [0.2, 0.25) is 5.15 Å². The first kappa shape index (κ1) is 14.8. The number of para-hydroxylation sites is 1. The molecule has 0 saturated heterocycles. The molecule has 3 aromatic rings. The highest BCUT2D eigenvalue weighted by molar-refractivity contribution is 6.29. The van der Waals surface area contributed by atoms with Gasteiger partial charge in [0.15, 0.2) is 5.69 Å². The summed E-state index contributed by atoms with van der Waals surface area (Å²) >= 11 is 5.85. The Bertz CT molecular complexity index is 921. The van der Waals surface area contributed by atoms with E-state index in [1.165, 1.54) is 5.56 Å². The van der Waals surface area contributed by atoms with Crippen molar-refractivity contribution < 1.29 is 4.79 Å². The predicted octanol–water partition coefficient (Wildman–Crippen LogP) is 3.06. The van der Waals surface area contributed by atoms with Crippen LogP contribution in [-0.4, -0.2) is 25.9 Å². The minimum absolute atomic E-state index is 0.294. The number of nitrogens with one attached hydrogen (secondary N) is 1. The molecule has 0 spiro atoms. The van der Waals surface area contributed by atoms with Crippen molar-refractivity contribution in [2.75, 3.05) is 5.32 Å². The summed E-state index contributed by atoms with van der Waals surface area (Å²) in [5.41, 5.74) is 3.96. The third-order valence-electron chi connectivity index (χ3n) is 4.04. The van der Waals surface area contributed by atoms with Crippen molar-refractivity contribution in [3.05, 3.63) is 64.7 Å². The molecular formula is C17H14ClN5O. The van der Waals surface area contributed by atoms with Gasteiger partial charge in [0.1, 0.15) is 5.15 Å². The first-order valence-corrected chi connectivity index (χ1v) is 8.06. The topological polar surface area (TPSA) is 72.7 Å². The van der Waals surface area contributed by atoms with Gasteiger partial charge >= 0.3 is 0 Å². The quantitative estimate of drug-likeness (QED) is 0.728. The van der Waals surface area contributed by atoms with Crippen LogP contribution in [0.3, 0.4) is 0 Å². The lowest BCUT2D eigenvalue weighted by molar-refractivity contribution is 0.102. The van der Waals surface area contributed by atoms with Crippen LogP contribution in [-0.2, 0) is 12.8 Å². The summed E-state index contributed by atoms with van der Waals surface area (Å²) in [7, 11) is 0. The number of anilines is 1. The summed E-state index contributed by atoms with van der Waals surface area (Å²) in [5.74, 6) is -0.294. The summed E-state index contributed by atoms with van der Waals surface area (Å²) in [5, 5.41) is 11.4. The highest BCUT2D eigenvalue weighted by Crippen LogP contribution is 2.24. The molecule has 24 heavy (non-hydrogen) atoms. The Morgan fingerprint density at radius 2 is 2.08 bits per heavy atom. The van der Waals surface area contributed by atoms with Crippen LogP contribution in [0.15, 0.2) is 42.6 Å². The number of hydrogen-bond acceptors (Lipinski definition) is 4. The summed E-state index contributed by atoms with van der Waals surface area (Å²) in [6.07, 6.45) is 4.20. The van der Waals surface area contributed by atoms with E-state index < -0.39 is 0 Å². The number of carbonyl (C=O) groups excluding carboxylic acids is 1. The normalized spacial score (nSPS) is 12.9. The minimum atomic E-state index is -0.294. The molecule has 6 nitrogen and oxygen atoms in total. The standard InChI is InChI=1S/C17H14ClN5O/c18-15-10-12(8-9-19-15)20-17(24)16-14-7-3-5-11-4-1-2-6-13(11)23(14)22-21-16/h1-2,4,6,8-10H,3,5,7H2,(H,19,20,24). The molecule has 4 rings (SSSR count). The molecule has 1 amide bonds. The molecule has 0 saturated carbocycles. The number of halogens is 1. The number of hydrogen-bond donors (Lipinski definition) is 1. The van der Waals surface area contributed by atoms with Gasteiger partial charge in [0.05, 0.1) is 11.4 Å². The van der Waals surface area contributed by atoms with E-state index in [1.54, 1.807) is 23.0 Å². The van der Waals surface area contributed by atoms with Gasteiger partial charge < -0.3 is 5.32 Å². The molecule has 7 heteroatoms. The fraction of sp³-hybridized carbons (Fsp3) is 0.176. The van der Waals surface area contributed by atoms with Crippen molar-refractivity contribution in [1.29, 1.82) is 0 Å². The fourth-order valence-electron chi connectivity index (χ4n) is 2.94. The molecule has 1 aliphatic heterocycles. The molecular weight excluding hydrogens is 326 g/mol. The van der Waals surface area contributed by atoms with Crippen molar-refractivity contribution in [3.8, 4) is 5.69 Å². The van der Waals surface area contributed by atoms with Gasteiger partial charge in [-0.05, 0) is 43.0 Å². The van der Waals surface area contributed by atoms with Crippen LogP contribution in [0, 0.1) is 0 Å². The molecule has 0 bridgehead atoms.